The van der Waals surface area contributed by atoms with Crippen molar-refractivity contribution < 1.29 is 19.2 Å². The minimum atomic E-state index is -0.967. The van der Waals surface area contributed by atoms with Crippen molar-refractivity contribution in [3.63, 3.8) is 0 Å². The summed E-state index contributed by atoms with van der Waals surface area (Å²) in [5.74, 6) is -1.47. The Morgan fingerprint density at radius 1 is 1.10 bits per heavy atom. The number of thioether (sulfide) groups is 1. The van der Waals surface area contributed by atoms with Crippen LogP contribution in [-0.4, -0.2) is 70.3 Å². The third kappa shape index (κ3) is 9.83. The Morgan fingerprint density at radius 3 is 2.26 bits per heavy atom. The molecule has 0 saturated carbocycles. The summed E-state index contributed by atoms with van der Waals surface area (Å²) in [6.07, 6.45) is 5.80. The smallest absolute Gasteiger partial charge is 0.243 e. The number of hydrogen-bond acceptors (Lipinski definition) is 7. The molecular weight excluding hydrogens is 422 g/mol. The van der Waals surface area contributed by atoms with Gasteiger partial charge >= 0.3 is 0 Å². The van der Waals surface area contributed by atoms with E-state index in [9.17, 15) is 19.2 Å². The number of H-pyrrole nitrogens is 1. The Morgan fingerprint density at radius 2 is 1.74 bits per heavy atom. The standard InChI is InChI=1S/C19H33N7O4S/c1-11(2)6-14(18(29)25-13(17(21)28)4-5-31-3)26-19(30)15(24-16(27)8-20)7-12-9-22-10-23-12/h9-11,13-15H,4-8,20H2,1-3H3,(H2,21,28)(H,22,23)(H,24,27)(H,25,29)(H,26,30). The van der Waals surface area contributed by atoms with Crippen LogP contribution < -0.4 is 27.4 Å². The van der Waals surface area contributed by atoms with Gasteiger partial charge in [0.1, 0.15) is 18.1 Å². The number of nitrogens with two attached hydrogens (primary N) is 2. The number of amides is 4. The van der Waals surface area contributed by atoms with Crippen LogP contribution in [0.25, 0.3) is 0 Å². The molecule has 0 aromatic carbocycles. The fraction of sp³-hybridized carbons (Fsp3) is 0.632. The van der Waals surface area contributed by atoms with Crippen molar-refractivity contribution in [3.8, 4) is 0 Å². The first-order chi connectivity index (χ1) is 14.7. The highest BCUT2D eigenvalue weighted by molar-refractivity contribution is 7.98. The van der Waals surface area contributed by atoms with Gasteiger partial charge in [-0.25, -0.2) is 4.98 Å². The van der Waals surface area contributed by atoms with E-state index in [1.54, 1.807) is 6.20 Å². The molecule has 1 heterocycles. The van der Waals surface area contributed by atoms with E-state index in [1.165, 1.54) is 18.1 Å². The minimum Gasteiger partial charge on any atom is -0.368 e. The summed E-state index contributed by atoms with van der Waals surface area (Å²) in [7, 11) is 0. The lowest BCUT2D eigenvalue weighted by Crippen LogP contribution is -2.57. The maximum Gasteiger partial charge on any atom is 0.243 e. The van der Waals surface area contributed by atoms with Crippen molar-refractivity contribution in [2.24, 2.45) is 17.4 Å². The second-order valence-electron chi connectivity index (χ2n) is 7.52. The Balaban J connectivity index is 2.94. The fourth-order valence-electron chi connectivity index (χ4n) is 2.84. The van der Waals surface area contributed by atoms with Gasteiger partial charge in [0.15, 0.2) is 0 Å². The Hall–Kier alpha value is -2.60. The fourth-order valence-corrected chi connectivity index (χ4v) is 3.31. The Bertz CT molecular complexity index is 727. The van der Waals surface area contributed by atoms with Gasteiger partial charge in [-0.05, 0) is 30.8 Å². The Labute approximate surface area is 186 Å². The lowest BCUT2D eigenvalue weighted by molar-refractivity contribution is -0.133. The van der Waals surface area contributed by atoms with Gasteiger partial charge in [-0.1, -0.05) is 13.8 Å². The molecule has 0 saturated heterocycles. The topological polar surface area (TPSA) is 185 Å². The quantitative estimate of drug-likeness (QED) is 0.200. The van der Waals surface area contributed by atoms with E-state index in [1.807, 2.05) is 20.1 Å². The monoisotopic (exact) mass is 455 g/mol. The number of aromatic amines is 1. The van der Waals surface area contributed by atoms with Crippen molar-refractivity contribution in [3.05, 3.63) is 18.2 Å². The molecule has 0 aliphatic carbocycles. The van der Waals surface area contributed by atoms with Crippen LogP contribution in [0.15, 0.2) is 12.5 Å². The molecule has 11 nitrogen and oxygen atoms in total. The van der Waals surface area contributed by atoms with E-state index in [4.69, 9.17) is 11.5 Å². The second-order valence-corrected chi connectivity index (χ2v) is 8.51. The summed E-state index contributed by atoms with van der Waals surface area (Å²) in [5.41, 5.74) is 11.3. The molecule has 174 valence electrons. The molecule has 0 aliphatic heterocycles. The van der Waals surface area contributed by atoms with Gasteiger partial charge in [-0.3, -0.25) is 19.2 Å². The molecule has 0 fully saturated rings. The van der Waals surface area contributed by atoms with Gasteiger partial charge in [0.2, 0.25) is 23.6 Å². The molecule has 3 atom stereocenters. The van der Waals surface area contributed by atoms with Crippen LogP contribution in [0.2, 0.25) is 0 Å². The third-order valence-electron chi connectivity index (χ3n) is 4.42. The average molecular weight is 456 g/mol. The average Bonchev–Trinajstić information content (AvgIpc) is 3.22. The number of imidazole rings is 1. The minimum absolute atomic E-state index is 0.0812. The van der Waals surface area contributed by atoms with Crippen LogP contribution in [-0.2, 0) is 25.6 Å². The summed E-state index contributed by atoms with van der Waals surface area (Å²) in [6, 6.07) is -2.70. The molecular formula is C19H33N7O4S. The molecule has 8 N–H and O–H groups in total. The lowest BCUT2D eigenvalue weighted by atomic mass is 10.0. The number of nitrogens with zero attached hydrogens (tertiary/aromatic N) is 1. The first kappa shape index (κ1) is 26.4. The van der Waals surface area contributed by atoms with Crippen LogP contribution in [0.3, 0.4) is 0 Å². The molecule has 0 bridgehead atoms. The highest BCUT2D eigenvalue weighted by Gasteiger charge is 2.29. The molecule has 31 heavy (non-hydrogen) atoms. The predicted molar refractivity (Wildman–Crippen MR) is 119 cm³/mol. The zero-order valence-corrected chi connectivity index (χ0v) is 19.0. The molecule has 12 heteroatoms. The zero-order valence-electron chi connectivity index (χ0n) is 18.1. The maximum atomic E-state index is 12.9. The van der Waals surface area contributed by atoms with Crippen molar-refractivity contribution in [1.29, 1.82) is 0 Å². The number of rotatable bonds is 14. The molecule has 1 aromatic heterocycles. The van der Waals surface area contributed by atoms with Crippen molar-refractivity contribution in [2.75, 3.05) is 18.6 Å². The number of primary amides is 1. The molecule has 0 aliphatic rings. The van der Waals surface area contributed by atoms with Crippen LogP contribution in [0.4, 0.5) is 0 Å². The second kappa shape index (κ2) is 13.7. The number of carbonyl (C=O) groups is 4. The van der Waals surface area contributed by atoms with Gasteiger partial charge in [-0.2, -0.15) is 11.8 Å². The summed E-state index contributed by atoms with van der Waals surface area (Å²) < 4.78 is 0. The highest BCUT2D eigenvalue weighted by atomic mass is 32.2. The van der Waals surface area contributed by atoms with Crippen molar-refractivity contribution >= 4 is 35.4 Å². The summed E-state index contributed by atoms with van der Waals surface area (Å²) in [6.45, 7) is 3.53. The van der Waals surface area contributed by atoms with E-state index >= 15 is 0 Å². The first-order valence-electron chi connectivity index (χ1n) is 10.0. The summed E-state index contributed by atoms with van der Waals surface area (Å²) in [4.78, 5) is 56.1. The summed E-state index contributed by atoms with van der Waals surface area (Å²) in [5, 5.41) is 7.87. The first-order valence-corrected chi connectivity index (χ1v) is 11.4. The van der Waals surface area contributed by atoms with Crippen molar-refractivity contribution in [1.82, 2.24) is 25.9 Å². The van der Waals surface area contributed by atoms with Gasteiger partial charge in [0.25, 0.3) is 0 Å². The predicted octanol–water partition coefficient (Wildman–Crippen LogP) is -1.35. The number of aromatic nitrogens is 2. The van der Waals surface area contributed by atoms with Crippen LogP contribution in [0.1, 0.15) is 32.4 Å². The van der Waals surface area contributed by atoms with E-state index in [-0.39, 0.29) is 18.9 Å². The zero-order chi connectivity index (χ0) is 23.4. The van der Waals surface area contributed by atoms with Gasteiger partial charge in [-0.15, -0.1) is 0 Å². The van der Waals surface area contributed by atoms with E-state index in [0.717, 1.165) is 0 Å². The van der Waals surface area contributed by atoms with E-state index in [2.05, 4.69) is 25.9 Å². The molecule has 3 unspecified atom stereocenters. The van der Waals surface area contributed by atoms with Gasteiger partial charge < -0.3 is 32.4 Å². The van der Waals surface area contributed by atoms with Gasteiger partial charge in [0.05, 0.1) is 18.6 Å². The number of hydrogen-bond donors (Lipinski definition) is 6. The largest absolute Gasteiger partial charge is 0.368 e. The molecule has 0 spiro atoms. The SMILES string of the molecule is CSCCC(NC(=O)C(CC(C)C)NC(=O)C(Cc1c[nH]cn1)NC(=O)CN)C(N)=O. The highest BCUT2D eigenvalue weighted by Crippen LogP contribution is 2.08. The van der Waals surface area contributed by atoms with Crippen LogP contribution in [0, 0.1) is 5.92 Å². The molecule has 1 aromatic rings. The van der Waals surface area contributed by atoms with Crippen LogP contribution >= 0.6 is 11.8 Å². The lowest BCUT2D eigenvalue weighted by Gasteiger charge is -2.25. The molecule has 0 radical (unpaired) electrons. The maximum absolute atomic E-state index is 12.9. The number of carbonyl (C=O) groups excluding carboxylic acids is 4. The third-order valence-corrected chi connectivity index (χ3v) is 5.06. The van der Waals surface area contributed by atoms with E-state index in [0.29, 0.717) is 24.3 Å². The van der Waals surface area contributed by atoms with Crippen molar-refractivity contribution in [2.45, 2.75) is 51.2 Å². The Kier molecular flexibility index (Phi) is 11.6. The normalized spacial score (nSPS) is 13.8. The number of nitrogens with one attached hydrogen (secondary N) is 4. The van der Waals surface area contributed by atoms with E-state index < -0.39 is 41.8 Å². The van der Waals surface area contributed by atoms with Crippen LogP contribution in [0.5, 0.6) is 0 Å². The molecule has 1 rings (SSSR count). The van der Waals surface area contributed by atoms with Gasteiger partial charge in [0, 0.05) is 12.6 Å². The molecule has 4 amide bonds. The summed E-state index contributed by atoms with van der Waals surface area (Å²) >= 11 is 1.53.